The van der Waals surface area contributed by atoms with E-state index in [-0.39, 0.29) is 11.9 Å². The predicted octanol–water partition coefficient (Wildman–Crippen LogP) is 4.92. The van der Waals surface area contributed by atoms with Crippen LogP contribution < -0.4 is 19.7 Å². The fourth-order valence-corrected chi connectivity index (χ4v) is 5.18. The number of fused-ring (bicyclic) bond motifs is 1. The lowest BCUT2D eigenvalue weighted by Gasteiger charge is -2.24. The Morgan fingerprint density at radius 1 is 1.09 bits per heavy atom. The third-order valence-corrected chi connectivity index (χ3v) is 7.01. The van der Waals surface area contributed by atoms with E-state index in [0.29, 0.717) is 24.8 Å². The Hall–Kier alpha value is -3.26. The second-order valence-electron chi connectivity index (χ2n) is 8.66. The number of carbonyl (C=O) groups is 1. The van der Waals surface area contributed by atoms with Crippen LogP contribution in [0.15, 0.2) is 54.6 Å². The normalized spacial score (nSPS) is 17.3. The molecule has 182 valence electrons. The van der Waals surface area contributed by atoms with Crippen LogP contribution in [0.2, 0.25) is 5.02 Å². The summed E-state index contributed by atoms with van der Waals surface area (Å²) in [5, 5.41) is 9.69. The summed E-state index contributed by atoms with van der Waals surface area (Å²) < 4.78 is 17.1. The number of carbonyl (C=O) groups excluding carboxylic acids is 1. The number of nitrogens with zero attached hydrogens (tertiary/aromatic N) is 1. The van der Waals surface area contributed by atoms with Gasteiger partial charge >= 0.3 is 0 Å². The number of benzene rings is 3. The van der Waals surface area contributed by atoms with Gasteiger partial charge in [-0.2, -0.15) is 0 Å². The van der Waals surface area contributed by atoms with Gasteiger partial charge in [-0.3, -0.25) is 14.9 Å². The lowest BCUT2D eigenvalue weighted by atomic mass is 9.97. The average Bonchev–Trinajstić information content (AvgIpc) is 3.36. The molecule has 3 aromatic carbocycles. The van der Waals surface area contributed by atoms with Gasteiger partial charge in [-0.1, -0.05) is 48.0 Å². The Kier molecular flexibility index (Phi) is 6.81. The second kappa shape index (κ2) is 10.2. The van der Waals surface area contributed by atoms with Gasteiger partial charge in [0.05, 0.1) is 18.2 Å². The van der Waals surface area contributed by atoms with Crippen molar-refractivity contribution in [1.29, 1.82) is 0 Å². The van der Waals surface area contributed by atoms with Gasteiger partial charge in [-0.15, -0.1) is 0 Å². The van der Waals surface area contributed by atoms with Gasteiger partial charge in [0.1, 0.15) is 19.0 Å². The van der Waals surface area contributed by atoms with Crippen molar-refractivity contribution >= 4 is 17.5 Å². The summed E-state index contributed by atoms with van der Waals surface area (Å²) in [7, 11) is 1.64. The number of likely N-dealkylation sites (tertiary alicyclic amines) is 1. The van der Waals surface area contributed by atoms with Crippen LogP contribution in [0.4, 0.5) is 0 Å². The zero-order valence-electron chi connectivity index (χ0n) is 19.4. The SMILES string of the molecule is COc1cc(-c2cccc(-c3ccc4c(c3)OCCO4)c2Cl)ccc1CN1CCCC1C(=O)NO. The molecule has 2 N–H and O–H groups in total. The number of hydrogen-bond acceptors (Lipinski definition) is 6. The van der Waals surface area contributed by atoms with Crippen LogP contribution in [-0.4, -0.2) is 48.9 Å². The van der Waals surface area contributed by atoms with Crippen molar-refractivity contribution in [1.82, 2.24) is 10.4 Å². The molecule has 0 spiro atoms. The van der Waals surface area contributed by atoms with Crippen LogP contribution >= 0.6 is 11.6 Å². The maximum absolute atomic E-state index is 12.0. The highest BCUT2D eigenvalue weighted by atomic mass is 35.5. The van der Waals surface area contributed by atoms with Crippen LogP contribution in [0.5, 0.6) is 17.2 Å². The first-order valence-electron chi connectivity index (χ1n) is 11.6. The smallest absolute Gasteiger partial charge is 0.260 e. The molecule has 2 aliphatic rings. The molecule has 1 saturated heterocycles. The number of hydroxylamine groups is 1. The third kappa shape index (κ3) is 4.67. The number of nitrogens with one attached hydrogen (secondary N) is 1. The highest BCUT2D eigenvalue weighted by molar-refractivity contribution is 6.36. The monoisotopic (exact) mass is 494 g/mol. The molecule has 1 atom stereocenters. The van der Waals surface area contributed by atoms with E-state index < -0.39 is 0 Å². The molecule has 0 radical (unpaired) electrons. The molecule has 7 nitrogen and oxygen atoms in total. The van der Waals surface area contributed by atoms with Gasteiger partial charge in [0.15, 0.2) is 11.5 Å². The van der Waals surface area contributed by atoms with E-state index in [1.54, 1.807) is 12.6 Å². The molecule has 0 saturated carbocycles. The van der Waals surface area contributed by atoms with E-state index in [1.807, 2.05) is 54.6 Å². The number of methoxy groups -OCH3 is 1. The lowest BCUT2D eigenvalue weighted by Crippen LogP contribution is -2.41. The minimum atomic E-state index is -0.374. The molecule has 2 aliphatic heterocycles. The minimum absolute atomic E-state index is 0.346. The Bertz CT molecular complexity index is 1250. The van der Waals surface area contributed by atoms with E-state index in [1.165, 1.54) is 0 Å². The number of ether oxygens (including phenoxy) is 3. The first kappa shape index (κ1) is 23.5. The molecular formula is C27H27ClN2O5. The van der Waals surface area contributed by atoms with Gasteiger partial charge < -0.3 is 14.2 Å². The molecule has 5 rings (SSSR count). The van der Waals surface area contributed by atoms with Crippen molar-refractivity contribution in [3.63, 3.8) is 0 Å². The number of halogens is 1. The fourth-order valence-electron chi connectivity index (χ4n) is 4.84. The molecule has 0 aromatic heterocycles. The summed E-state index contributed by atoms with van der Waals surface area (Å²) in [4.78, 5) is 14.1. The van der Waals surface area contributed by atoms with E-state index in [0.717, 1.165) is 64.5 Å². The van der Waals surface area contributed by atoms with E-state index in [9.17, 15) is 4.79 Å². The van der Waals surface area contributed by atoms with Crippen LogP contribution in [0, 0.1) is 0 Å². The van der Waals surface area contributed by atoms with E-state index in [4.69, 9.17) is 31.0 Å². The van der Waals surface area contributed by atoms with Crippen LogP contribution in [0.25, 0.3) is 22.3 Å². The molecule has 1 fully saturated rings. The number of rotatable bonds is 6. The topological polar surface area (TPSA) is 80.3 Å². The predicted molar refractivity (Wildman–Crippen MR) is 133 cm³/mol. The highest BCUT2D eigenvalue weighted by Gasteiger charge is 2.31. The van der Waals surface area contributed by atoms with Gasteiger partial charge in [0.25, 0.3) is 5.91 Å². The molecule has 8 heteroatoms. The van der Waals surface area contributed by atoms with Gasteiger partial charge in [0.2, 0.25) is 0 Å². The Balaban J connectivity index is 1.44. The van der Waals surface area contributed by atoms with Crippen LogP contribution in [0.1, 0.15) is 18.4 Å². The van der Waals surface area contributed by atoms with Gasteiger partial charge in [0, 0.05) is 23.2 Å². The summed E-state index contributed by atoms with van der Waals surface area (Å²) >= 11 is 6.91. The van der Waals surface area contributed by atoms with Crippen LogP contribution in [0.3, 0.4) is 0 Å². The largest absolute Gasteiger partial charge is 0.496 e. The Morgan fingerprint density at radius 3 is 2.54 bits per heavy atom. The lowest BCUT2D eigenvalue weighted by molar-refractivity contribution is -0.134. The van der Waals surface area contributed by atoms with Crippen LogP contribution in [-0.2, 0) is 11.3 Å². The summed E-state index contributed by atoms with van der Waals surface area (Å²) in [5.41, 5.74) is 6.42. The van der Waals surface area contributed by atoms with Gasteiger partial charge in [-0.05, 0) is 48.7 Å². The standard InChI is InChI=1S/C27H27ClN2O5/c1-33-24-14-17(7-8-19(24)16-30-11-3-6-22(30)27(31)29-32)20-4-2-5-21(26(20)28)18-9-10-23-25(15-18)35-13-12-34-23/h2,4-5,7-10,14-15,22,32H,3,6,11-13,16H2,1H3,(H,29,31). The number of hydrogen-bond donors (Lipinski definition) is 2. The minimum Gasteiger partial charge on any atom is -0.496 e. The molecule has 3 aromatic rings. The molecule has 0 aliphatic carbocycles. The molecule has 0 bridgehead atoms. The quantitative estimate of drug-likeness (QED) is 0.374. The molecule has 1 unspecified atom stereocenters. The van der Waals surface area contributed by atoms with E-state index >= 15 is 0 Å². The Labute approximate surface area is 209 Å². The average molecular weight is 495 g/mol. The maximum Gasteiger partial charge on any atom is 0.260 e. The van der Waals surface area contributed by atoms with Crippen molar-refractivity contribution in [2.45, 2.75) is 25.4 Å². The highest BCUT2D eigenvalue weighted by Crippen LogP contribution is 2.41. The summed E-state index contributed by atoms with van der Waals surface area (Å²) in [6, 6.07) is 17.5. The third-order valence-electron chi connectivity index (χ3n) is 6.60. The number of amides is 1. The van der Waals surface area contributed by atoms with Crippen molar-refractivity contribution < 1.29 is 24.2 Å². The molecule has 1 amide bonds. The summed E-state index contributed by atoms with van der Waals surface area (Å²) in [6.07, 6.45) is 1.62. The molecular weight excluding hydrogens is 468 g/mol. The first-order valence-corrected chi connectivity index (χ1v) is 12.0. The second-order valence-corrected chi connectivity index (χ2v) is 9.03. The van der Waals surface area contributed by atoms with Crippen molar-refractivity contribution in [2.24, 2.45) is 0 Å². The molecule has 2 heterocycles. The Morgan fingerprint density at radius 2 is 1.80 bits per heavy atom. The summed E-state index contributed by atoms with van der Waals surface area (Å²) in [5.74, 6) is 1.81. The van der Waals surface area contributed by atoms with Gasteiger partial charge in [-0.25, -0.2) is 5.48 Å². The van der Waals surface area contributed by atoms with Crippen molar-refractivity contribution in [3.8, 4) is 39.5 Å². The fraction of sp³-hybridized carbons (Fsp3) is 0.296. The first-order chi connectivity index (χ1) is 17.1. The molecule has 35 heavy (non-hydrogen) atoms. The van der Waals surface area contributed by atoms with Crippen molar-refractivity contribution in [2.75, 3.05) is 26.9 Å². The van der Waals surface area contributed by atoms with E-state index in [2.05, 4.69) is 4.90 Å². The van der Waals surface area contributed by atoms with Crippen molar-refractivity contribution in [3.05, 3.63) is 65.2 Å². The maximum atomic E-state index is 12.0. The summed E-state index contributed by atoms with van der Waals surface area (Å²) in [6.45, 7) is 2.41. The zero-order valence-corrected chi connectivity index (χ0v) is 20.2. The zero-order chi connectivity index (χ0) is 24.4.